The van der Waals surface area contributed by atoms with E-state index in [0.717, 1.165) is 12.2 Å². The van der Waals surface area contributed by atoms with Crippen LogP contribution in [0.2, 0.25) is 0 Å². The van der Waals surface area contributed by atoms with Crippen LogP contribution in [-0.2, 0) is 16.0 Å². The third-order valence-electron chi connectivity index (χ3n) is 3.91. The second-order valence-corrected chi connectivity index (χ2v) is 6.00. The molecule has 1 heterocycles. The molecule has 1 aliphatic heterocycles. The molecule has 0 spiro atoms. The highest BCUT2D eigenvalue weighted by Gasteiger charge is 2.30. The molecular formula is C17H24N2O3. The quantitative estimate of drug-likeness (QED) is 0.868. The fourth-order valence-electron chi connectivity index (χ4n) is 2.51. The Hall–Kier alpha value is -2.04. The molecule has 1 aliphatic rings. The molecule has 0 aliphatic carbocycles. The Labute approximate surface area is 131 Å². The zero-order valence-electron chi connectivity index (χ0n) is 13.5. The Morgan fingerprint density at radius 2 is 2.05 bits per heavy atom. The minimum Gasteiger partial charge on any atom is -0.497 e. The number of hydrogen-bond donors (Lipinski definition) is 1. The summed E-state index contributed by atoms with van der Waals surface area (Å²) in [5.74, 6) is 0.901. The van der Waals surface area contributed by atoms with Crippen molar-refractivity contribution in [1.29, 1.82) is 0 Å². The summed E-state index contributed by atoms with van der Waals surface area (Å²) in [7, 11) is 1.64. The van der Waals surface area contributed by atoms with E-state index in [1.54, 1.807) is 7.11 Å². The lowest BCUT2D eigenvalue weighted by molar-refractivity contribution is -0.127. The summed E-state index contributed by atoms with van der Waals surface area (Å²) in [5, 5.41) is 2.93. The van der Waals surface area contributed by atoms with Crippen LogP contribution in [-0.4, -0.2) is 43.0 Å². The molecule has 2 amide bonds. The summed E-state index contributed by atoms with van der Waals surface area (Å²) in [6, 6.07) is 7.81. The fourth-order valence-corrected chi connectivity index (χ4v) is 2.51. The number of amides is 2. The average Bonchev–Trinajstić information content (AvgIpc) is 2.85. The van der Waals surface area contributed by atoms with Gasteiger partial charge in [-0.2, -0.15) is 0 Å². The van der Waals surface area contributed by atoms with Gasteiger partial charge in [-0.3, -0.25) is 9.59 Å². The molecule has 0 bridgehead atoms. The summed E-state index contributed by atoms with van der Waals surface area (Å²) >= 11 is 0. The molecule has 0 radical (unpaired) electrons. The molecular weight excluding hydrogens is 280 g/mol. The highest BCUT2D eigenvalue weighted by Crippen LogP contribution is 2.15. The summed E-state index contributed by atoms with van der Waals surface area (Å²) in [6.45, 7) is 4.99. The van der Waals surface area contributed by atoms with E-state index in [2.05, 4.69) is 5.32 Å². The summed E-state index contributed by atoms with van der Waals surface area (Å²) < 4.78 is 5.13. The van der Waals surface area contributed by atoms with Gasteiger partial charge in [0.1, 0.15) is 5.75 Å². The molecule has 1 fully saturated rings. The third-order valence-corrected chi connectivity index (χ3v) is 3.91. The van der Waals surface area contributed by atoms with Crippen molar-refractivity contribution < 1.29 is 14.3 Å². The van der Waals surface area contributed by atoms with Gasteiger partial charge in [-0.1, -0.05) is 26.0 Å². The van der Waals surface area contributed by atoms with Gasteiger partial charge in [0.05, 0.1) is 13.2 Å². The number of carbonyl (C=O) groups is 2. The van der Waals surface area contributed by atoms with E-state index in [0.29, 0.717) is 19.5 Å². The van der Waals surface area contributed by atoms with Crippen molar-refractivity contribution in [2.45, 2.75) is 32.7 Å². The van der Waals surface area contributed by atoms with E-state index >= 15 is 0 Å². The number of rotatable bonds is 6. The predicted octanol–water partition coefficient (Wildman–Crippen LogP) is 1.61. The summed E-state index contributed by atoms with van der Waals surface area (Å²) in [4.78, 5) is 25.5. The smallest absolute Gasteiger partial charge is 0.224 e. The average molecular weight is 304 g/mol. The number of hydrogen-bond acceptors (Lipinski definition) is 3. The molecule has 5 nitrogen and oxygen atoms in total. The van der Waals surface area contributed by atoms with Crippen molar-refractivity contribution in [2.24, 2.45) is 5.92 Å². The van der Waals surface area contributed by atoms with Gasteiger partial charge in [0, 0.05) is 25.4 Å². The van der Waals surface area contributed by atoms with Gasteiger partial charge in [0.15, 0.2) is 0 Å². The Morgan fingerprint density at radius 3 is 2.64 bits per heavy atom. The Kier molecular flexibility index (Phi) is 5.41. The van der Waals surface area contributed by atoms with E-state index in [4.69, 9.17) is 4.74 Å². The maximum atomic E-state index is 12.0. The first-order valence-electron chi connectivity index (χ1n) is 7.70. The molecule has 0 aromatic heterocycles. The summed E-state index contributed by atoms with van der Waals surface area (Å²) in [5.41, 5.74) is 1.17. The first-order valence-corrected chi connectivity index (χ1v) is 7.70. The first kappa shape index (κ1) is 16.3. The summed E-state index contributed by atoms with van der Waals surface area (Å²) in [6.07, 6.45) is 1.21. The van der Waals surface area contributed by atoms with Crippen molar-refractivity contribution >= 4 is 11.8 Å². The molecule has 0 saturated carbocycles. The second kappa shape index (κ2) is 7.29. The van der Waals surface area contributed by atoms with Gasteiger partial charge in [0.2, 0.25) is 11.8 Å². The molecule has 5 heteroatoms. The maximum absolute atomic E-state index is 12.0. The van der Waals surface area contributed by atoms with Crippen molar-refractivity contribution in [3.05, 3.63) is 29.8 Å². The van der Waals surface area contributed by atoms with Crippen molar-refractivity contribution in [3.63, 3.8) is 0 Å². The Balaban J connectivity index is 1.82. The van der Waals surface area contributed by atoms with Gasteiger partial charge >= 0.3 is 0 Å². The van der Waals surface area contributed by atoms with E-state index in [1.807, 2.05) is 43.0 Å². The van der Waals surface area contributed by atoms with Crippen LogP contribution in [0.15, 0.2) is 24.3 Å². The van der Waals surface area contributed by atoms with Crippen LogP contribution in [0.3, 0.4) is 0 Å². The lowest BCUT2D eigenvalue weighted by atomic mass is 10.1. The molecule has 1 saturated heterocycles. The van der Waals surface area contributed by atoms with Crippen LogP contribution < -0.4 is 10.1 Å². The number of ether oxygens (including phenoxy) is 1. The third kappa shape index (κ3) is 4.23. The highest BCUT2D eigenvalue weighted by atomic mass is 16.5. The van der Waals surface area contributed by atoms with Gasteiger partial charge in [-0.25, -0.2) is 0 Å². The number of nitrogens with one attached hydrogen (secondary N) is 1. The van der Waals surface area contributed by atoms with Crippen LogP contribution in [0, 0.1) is 5.92 Å². The SMILES string of the molecule is COc1ccc(CCN2C[C@H](NC(=O)C(C)C)CC2=O)cc1. The van der Waals surface area contributed by atoms with Crippen molar-refractivity contribution in [1.82, 2.24) is 10.2 Å². The zero-order chi connectivity index (χ0) is 16.1. The van der Waals surface area contributed by atoms with E-state index in [9.17, 15) is 9.59 Å². The van der Waals surface area contributed by atoms with Crippen LogP contribution >= 0.6 is 0 Å². The number of nitrogens with zero attached hydrogens (tertiary/aromatic N) is 1. The van der Waals surface area contributed by atoms with Gasteiger partial charge in [-0.05, 0) is 24.1 Å². The van der Waals surface area contributed by atoms with E-state index < -0.39 is 0 Å². The maximum Gasteiger partial charge on any atom is 0.224 e. The number of methoxy groups -OCH3 is 1. The fraction of sp³-hybridized carbons (Fsp3) is 0.529. The minimum absolute atomic E-state index is 0.00908. The Bertz CT molecular complexity index is 525. The molecule has 2 rings (SSSR count). The van der Waals surface area contributed by atoms with Crippen molar-refractivity contribution in [3.8, 4) is 5.75 Å². The minimum atomic E-state index is -0.0572. The zero-order valence-corrected chi connectivity index (χ0v) is 13.5. The lowest BCUT2D eigenvalue weighted by Gasteiger charge is -2.18. The molecule has 22 heavy (non-hydrogen) atoms. The van der Waals surface area contributed by atoms with Gasteiger partial charge < -0.3 is 15.0 Å². The molecule has 1 aromatic rings. The van der Waals surface area contributed by atoms with Crippen molar-refractivity contribution in [2.75, 3.05) is 20.2 Å². The van der Waals surface area contributed by atoms with Gasteiger partial charge in [0.25, 0.3) is 0 Å². The standard InChI is InChI=1S/C17H24N2O3/c1-12(2)17(21)18-14-10-16(20)19(11-14)9-8-13-4-6-15(22-3)7-5-13/h4-7,12,14H,8-11H2,1-3H3,(H,18,21)/t14-/m1/s1. The highest BCUT2D eigenvalue weighted by molar-refractivity contribution is 5.82. The number of carbonyl (C=O) groups excluding carboxylic acids is 2. The van der Waals surface area contributed by atoms with E-state index in [1.165, 1.54) is 5.56 Å². The molecule has 120 valence electrons. The van der Waals surface area contributed by atoms with Crippen LogP contribution in [0.1, 0.15) is 25.8 Å². The molecule has 0 unspecified atom stereocenters. The van der Waals surface area contributed by atoms with Crippen LogP contribution in [0.4, 0.5) is 0 Å². The normalized spacial score (nSPS) is 17.9. The largest absolute Gasteiger partial charge is 0.497 e. The topological polar surface area (TPSA) is 58.6 Å². The monoisotopic (exact) mass is 304 g/mol. The lowest BCUT2D eigenvalue weighted by Crippen LogP contribution is -2.39. The first-order chi connectivity index (χ1) is 10.5. The number of benzene rings is 1. The number of likely N-dealkylation sites (tertiary alicyclic amines) is 1. The van der Waals surface area contributed by atoms with Crippen LogP contribution in [0.5, 0.6) is 5.75 Å². The molecule has 1 aromatic carbocycles. The molecule has 1 N–H and O–H groups in total. The van der Waals surface area contributed by atoms with Gasteiger partial charge in [-0.15, -0.1) is 0 Å². The Morgan fingerprint density at radius 1 is 1.36 bits per heavy atom. The predicted molar refractivity (Wildman–Crippen MR) is 84.7 cm³/mol. The van der Waals surface area contributed by atoms with E-state index in [-0.39, 0.29) is 23.8 Å². The van der Waals surface area contributed by atoms with Crippen LogP contribution in [0.25, 0.3) is 0 Å². The molecule has 1 atom stereocenters. The second-order valence-electron chi connectivity index (χ2n) is 6.00.